The average Bonchev–Trinajstić information content (AvgIpc) is 2.53. The molecule has 0 atom stereocenters. The summed E-state index contributed by atoms with van der Waals surface area (Å²) in [5.41, 5.74) is 3.00. The van der Waals surface area contributed by atoms with Gasteiger partial charge in [0.05, 0.1) is 7.11 Å². The predicted octanol–water partition coefficient (Wildman–Crippen LogP) is 3.23. The minimum absolute atomic E-state index is 0.0181. The average molecular weight is 293 g/mol. The van der Waals surface area contributed by atoms with Crippen molar-refractivity contribution in [3.63, 3.8) is 0 Å². The third kappa shape index (κ3) is 2.76. The Morgan fingerprint density at radius 2 is 2.00 bits per heavy atom. The van der Waals surface area contributed by atoms with Crippen LogP contribution in [0.25, 0.3) is 6.08 Å². The van der Waals surface area contributed by atoms with Gasteiger partial charge in [-0.05, 0) is 47.5 Å². The summed E-state index contributed by atoms with van der Waals surface area (Å²) in [6, 6.07) is 10.3. The molecule has 2 aromatic carbocycles. The highest BCUT2D eigenvalue weighted by Gasteiger charge is 2.14. The molecule has 1 heterocycles. The molecule has 0 unspecified atom stereocenters. The zero-order valence-electron chi connectivity index (χ0n) is 12.1. The number of carbonyl (C=O) groups is 1. The quantitative estimate of drug-likeness (QED) is 0.878. The van der Waals surface area contributed by atoms with Crippen molar-refractivity contribution in [3.8, 4) is 11.5 Å². The summed E-state index contributed by atoms with van der Waals surface area (Å²) in [6.45, 7) is 0. The van der Waals surface area contributed by atoms with Crippen molar-refractivity contribution in [3.05, 3.63) is 64.9 Å². The lowest BCUT2D eigenvalue weighted by Crippen LogP contribution is -2.08. The van der Waals surface area contributed by atoms with E-state index in [0.29, 0.717) is 11.3 Å². The molecule has 0 amide bonds. The van der Waals surface area contributed by atoms with Crippen LogP contribution < -0.4 is 4.74 Å². The fourth-order valence-corrected chi connectivity index (χ4v) is 2.44. The number of ether oxygens (including phenoxy) is 1. The van der Waals surface area contributed by atoms with E-state index >= 15 is 0 Å². The predicted molar refractivity (Wildman–Crippen MR) is 85.8 cm³/mol. The number of hydrogen-bond donors (Lipinski definition) is 1. The number of hydrogen-bond acceptors (Lipinski definition) is 4. The van der Waals surface area contributed by atoms with E-state index in [2.05, 4.69) is 4.99 Å². The van der Waals surface area contributed by atoms with E-state index in [1.807, 2.05) is 6.07 Å². The topological polar surface area (TPSA) is 58.9 Å². The lowest BCUT2D eigenvalue weighted by atomic mass is 9.95. The maximum Gasteiger partial charge on any atom is 0.167 e. The van der Waals surface area contributed by atoms with Gasteiger partial charge in [0.25, 0.3) is 0 Å². The van der Waals surface area contributed by atoms with Crippen LogP contribution in [0.1, 0.15) is 27.0 Å². The minimum Gasteiger partial charge on any atom is -0.508 e. The van der Waals surface area contributed by atoms with Crippen molar-refractivity contribution < 1.29 is 14.6 Å². The summed E-state index contributed by atoms with van der Waals surface area (Å²) in [7, 11) is 1.59. The molecule has 1 aliphatic heterocycles. The van der Waals surface area contributed by atoms with Gasteiger partial charge in [-0.15, -0.1) is 0 Å². The zero-order valence-corrected chi connectivity index (χ0v) is 12.1. The van der Waals surface area contributed by atoms with Gasteiger partial charge in [0.15, 0.2) is 5.78 Å². The summed E-state index contributed by atoms with van der Waals surface area (Å²) in [6.07, 6.45) is 5.31. The molecule has 3 rings (SSSR count). The molecule has 110 valence electrons. The summed E-state index contributed by atoms with van der Waals surface area (Å²) in [5.74, 6) is 0.871. The Kier molecular flexibility index (Phi) is 3.74. The maximum absolute atomic E-state index is 12.6. The van der Waals surface area contributed by atoms with Crippen molar-refractivity contribution in [2.24, 2.45) is 4.99 Å². The first-order valence-electron chi connectivity index (χ1n) is 6.90. The molecule has 0 bridgehead atoms. The van der Waals surface area contributed by atoms with E-state index in [0.717, 1.165) is 16.7 Å². The molecule has 22 heavy (non-hydrogen) atoms. The van der Waals surface area contributed by atoms with Crippen LogP contribution in [0.15, 0.2) is 47.6 Å². The number of rotatable bonds is 1. The number of ketones is 1. The van der Waals surface area contributed by atoms with Crippen molar-refractivity contribution in [1.82, 2.24) is 0 Å². The number of fused-ring (bicyclic) bond motifs is 2. The fourth-order valence-electron chi connectivity index (χ4n) is 2.44. The monoisotopic (exact) mass is 293 g/mol. The second-order valence-corrected chi connectivity index (χ2v) is 5.03. The highest BCUT2D eigenvalue weighted by molar-refractivity contribution is 6.02. The standard InChI is InChI=1S/C18H15NO3/c1-22-16-4-5-17-13(9-16)6-7-19-11-14-8-15(20)3-2-12(14)10-18(17)21/h2-9,11,20H,10H2,1H3/b7-6+,19-11?. The van der Waals surface area contributed by atoms with Gasteiger partial charge in [0, 0.05) is 30.0 Å². The van der Waals surface area contributed by atoms with Crippen LogP contribution in [0.2, 0.25) is 0 Å². The minimum atomic E-state index is 0.0181. The van der Waals surface area contributed by atoms with Crippen LogP contribution >= 0.6 is 0 Å². The molecule has 2 aromatic rings. The smallest absolute Gasteiger partial charge is 0.167 e. The van der Waals surface area contributed by atoms with E-state index in [-0.39, 0.29) is 18.0 Å². The molecule has 1 aliphatic rings. The second-order valence-electron chi connectivity index (χ2n) is 5.03. The number of nitrogens with zero attached hydrogens (tertiary/aromatic N) is 1. The lowest BCUT2D eigenvalue weighted by Gasteiger charge is -2.11. The van der Waals surface area contributed by atoms with Gasteiger partial charge in [-0.25, -0.2) is 0 Å². The molecule has 0 radical (unpaired) electrons. The third-order valence-electron chi connectivity index (χ3n) is 3.59. The molecular formula is C18H15NO3. The van der Waals surface area contributed by atoms with Crippen LogP contribution in [0.3, 0.4) is 0 Å². The number of aliphatic imine (C=N–C) groups is 1. The molecule has 0 aliphatic carbocycles. The van der Waals surface area contributed by atoms with Crippen molar-refractivity contribution >= 4 is 18.1 Å². The van der Waals surface area contributed by atoms with E-state index < -0.39 is 0 Å². The van der Waals surface area contributed by atoms with Crippen molar-refractivity contribution in [1.29, 1.82) is 0 Å². The van der Waals surface area contributed by atoms with Gasteiger partial charge in [-0.2, -0.15) is 0 Å². The zero-order chi connectivity index (χ0) is 15.5. The molecule has 0 spiro atoms. The molecule has 0 aromatic heterocycles. The molecule has 4 heteroatoms. The van der Waals surface area contributed by atoms with Gasteiger partial charge in [0.1, 0.15) is 11.5 Å². The lowest BCUT2D eigenvalue weighted by molar-refractivity contribution is 0.0992. The molecule has 0 saturated heterocycles. The SMILES string of the molecule is COc1ccc2c(c1)/C=C/N=Cc1cc(O)ccc1CC2=O. The summed E-state index contributed by atoms with van der Waals surface area (Å²) < 4.78 is 5.20. The van der Waals surface area contributed by atoms with Gasteiger partial charge in [-0.1, -0.05) is 6.07 Å². The Balaban J connectivity index is 2.10. The van der Waals surface area contributed by atoms with Crippen LogP contribution in [-0.4, -0.2) is 24.2 Å². The fraction of sp³-hybridized carbons (Fsp3) is 0.111. The number of methoxy groups -OCH3 is 1. The van der Waals surface area contributed by atoms with E-state index in [1.54, 1.807) is 55.9 Å². The van der Waals surface area contributed by atoms with E-state index in [4.69, 9.17) is 4.74 Å². The highest BCUT2D eigenvalue weighted by Crippen LogP contribution is 2.23. The number of phenols is 1. The molecule has 0 saturated carbocycles. The number of benzene rings is 2. The van der Waals surface area contributed by atoms with Crippen LogP contribution in [0, 0.1) is 0 Å². The van der Waals surface area contributed by atoms with Gasteiger partial charge >= 0.3 is 0 Å². The van der Waals surface area contributed by atoms with Gasteiger partial charge < -0.3 is 9.84 Å². The normalized spacial score (nSPS) is 14.9. The number of Topliss-reactive ketones (excluding diaryl/α,β-unsaturated/α-hetero) is 1. The molecular weight excluding hydrogens is 278 g/mol. The summed E-state index contributed by atoms with van der Waals surface area (Å²) in [5, 5.41) is 9.58. The number of phenolic OH excluding ortho intramolecular Hbond substituents is 1. The van der Waals surface area contributed by atoms with Crippen LogP contribution in [0.5, 0.6) is 11.5 Å². The molecule has 4 nitrogen and oxygen atoms in total. The van der Waals surface area contributed by atoms with Crippen LogP contribution in [0.4, 0.5) is 0 Å². The van der Waals surface area contributed by atoms with Crippen molar-refractivity contribution in [2.75, 3.05) is 7.11 Å². The largest absolute Gasteiger partial charge is 0.508 e. The summed E-state index contributed by atoms with van der Waals surface area (Å²) in [4.78, 5) is 16.8. The Bertz CT molecular complexity index is 791. The second kappa shape index (κ2) is 5.85. The Morgan fingerprint density at radius 3 is 2.82 bits per heavy atom. The highest BCUT2D eigenvalue weighted by atomic mass is 16.5. The first-order valence-corrected chi connectivity index (χ1v) is 6.90. The Hall–Kier alpha value is -2.88. The van der Waals surface area contributed by atoms with Gasteiger partial charge in [-0.3, -0.25) is 9.79 Å². The number of carbonyl (C=O) groups excluding carboxylic acids is 1. The van der Waals surface area contributed by atoms with E-state index in [1.165, 1.54) is 0 Å². The van der Waals surface area contributed by atoms with Crippen LogP contribution in [-0.2, 0) is 6.42 Å². The molecule has 0 fully saturated rings. The Morgan fingerprint density at radius 1 is 1.14 bits per heavy atom. The maximum atomic E-state index is 12.6. The first-order chi connectivity index (χ1) is 10.7. The number of aromatic hydroxyl groups is 1. The Labute approximate surface area is 128 Å². The first kappa shape index (κ1) is 14.1. The summed E-state index contributed by atoms with van der Waals surface area (Å²) >= 11 is 0. The van der Waals surface area contributed by atoms with E-state index in [9.17, 15) is 9.90 Å². The third-order valence-corrected chi connectivity index (χ3v) is 3.59. The molecule has 1 N–H and O–H groups in total. The van der Waals surface area contributed by atoms with Crippen molar-refractivity contribution in [2.45, 2.75) is 6.42 Å². The van der Waals surface area contributed by atoms with Gasteiger partial charge in [0.2, 0.25) is 0 Å².